The van der Waals surface area contributed by atoms with Crippen LogP contribution in [0.2, 0.25) is 0 Å². The van der Waals surface area contributed by atoms with E-state index in [-0.39, 0.29) is 5.56 Å². The Hall–Kier alpha value is -3.02. The van der Waals surface area contributed by atoms with Gasteiger partial charge in [-0.15, -0.1) is 11.3 Å². The molecular weight excluding hydrogens is 408 g/mol. The summed E-state index contributed by atoms with van der Waals surface area (Å²) in [5, 5.41) is 13.3. The summed E-state index contributed by atoms with van der Waals surface area (Å²) < 4.78 is 11.1. The van der Waals surface area contributed by atoms with Crippen LogP contribution in [0, 0.1) is 15.2 Å². The van der Waals surface area contributed by atoms with Crippen molar-refractivity contribution in [3.63, 3.8) is 0 Å². The number of carbonyl (C=O) groups excluding carboxylic acids is 1. The third-order valence-electron chi connectivity index (χ3n) is 4.96. The number of benzene rings is 1. The van der Waals surface area contributed by atoms with Crippen LogP contribution in [-0.2, 0) is 12.8 Å². The number of carbonyl (C=O) groups is 1. The van der Waals surface area contributed by atoms with E-state index in [0.29, 0.717) is 31.1 Å². The van der Waals surface area contributed by atoms with Crippen molar-refractivity contribution < 1.29 is 13.9 Å². The number of nitrogens with zero attached hydrogens (tertiary/aromatic N) is 1. The highest BCUT2D eigenvalue weighted by molar-refractivity contribution is 7.73. The fourth-order valence-corrected chi connectivity index (χ4v) is 4.94. The number of methoxy groups -OCH3 is 1. The molecule has 2 heterocycles. The van der Waals surface area contributed by atoms with E-state index < -0.39 is 11.5 Å². The van der Waals surface area contributed by atoms with Crippen molar-refractivity contribution in [1.29, 1.82) is 5.26 Å². The van der Waals surface area contributed by atoms with Crippen molar-refractivity contribution in [3.8, 4) is 11.8 Å². The highest BCUT2D eigenvalue weighted by atomic mass is 32.1. The van der Waals surface area contributed by atoms with Gasteiger partial charge in [0.2, 0.25) is 0 Å². The number of rotatable bonds is 3. The number of ether oxygens (including phenoxy) is 1. The van der Waals surface area contributed by atoms with Crippen LogP contribution < -0.4 is 15.7 Å². The van der Waals surface area contributed by atoms with Gasteiger partial charge in [-0.05, 0) is 61.1 Å². The van der Waals surface area contributed by atoms with Crippen molar-refractivity contribution in [1.82, 2.24) is 0 Å². The van der Waals surface area contributed by atoms with E-state index in [9.17, 15) is 14.9 Å². The Balaban J connectivity index is 1.76. The summed E-state index contributed by atoms with van der Waals surface area (Å²) in [4.78, 5) is 25.2. The van der Waals surface area contributed by atoms with E-state index in [4.69, 9.17) is 21.4 Å². The maximum atomic E-state index is 12.8. The summed E-state index contributed by atoms with van der Waals surface area (Å²) in [7, 11) is 1.53. The number of fused-ring (bicyclic) bond motifs is 2. The Morgan fingerprint density at radius 1 is 1.28 bits per heavy atom. The van der Waals surface area contributed by atoms with Gasteiger partial charge in [0, 0.05) is 5.39 Å². The monoisotopic (exact) mass is 424 g/mol. The van der Waals surface area contributed by atoms with E-state index in [1.54, 1.807) is 18.2 Å². The lowest BCUT2D eigenvalue weighted by Gasteiger charge is -2.18. The first-order valence-corrected chi connectivity index (χ1v) is 10.3. The van der Waals surface area contributed by atoms with Gasteiger partial charge in [-0.1, -0.05) is 12.2 Å². The van der Waals surface area contributed by atoms with Gasteiger partial charge in [-0.2, -0.15) is 5.26 Å². The zero-order valence-corrected chi connectivity index (χ0v) is 17.2. The minimum atomic E-state index is -0.750. The highest BCUT2D eigenvalue weighted by Gasteiger charge is 2.22. The number of nitrogens with one attached hydrogen (secondary N) is 1. The Kier molecular flexibility index (Phi) is 5.18. The molecule has 0 saturated carbocycles. The van der Waals surface area contributed by atoms with Crippen molar-refractivity contribution in [2.75, 3.05) is 12.4 Å². The number of nitriles is 1. The summed E-state index contributed by atoms with van der Waals surface area (Å²) in [5.74, 6) is -0.0569. The molecule has 29 heavy (non-hydrogen) atoms. The number of hydrogen-bond acceptors (Lipinski definition) is 7. The molecule has 0 bridgehead atoms. The Bertz CT molecular complexity index is 1300. The normalized spacial score (nSPS) is 12.8. The quantitative estimate of drug-likeness (QED) is 0.488. The van der Waals surface area contributed by atoms with E-state index in [1.165, 1.54) is 24.5 Å². The van der Waals surface area contributed by atoms with E-state index in [2.05, 4.69) is 11.4 Å². The van der Waals surface area contributed by atoms with Gasteiger partial charge in [0.05, 0.1) is 16.5 Å². The second kappa shape index (κ2) is 7.78. The van der Waals surface area contributed by atoms with Crippen molar-refractivity contribution in [3.05, 3.63) is 60.8 Å². The van der Waals surface area contributed by atoms with Crippen LogP contribution >= 0.6 is 23.6 Å². The molecule has 3 aromatic rings. The number of anilines is 1. The molecule has 8 heteroatoms. The molecule has 0 aliphatic heterocycles. The smallest absolute Gasteiger partial charge is 0.349 e. The third kappa shape index (κ3) is 3.55. The topological polar surface area (TPSA) is 92.3 Å². The molecule has 1 amide bonds. The Morgan fingerprint density at radius 3 is 2.76 bits per heavy atom. The van der Waals surface area contributed by atoms with Crippen LogP contribution in [0.1, 0.15) is 39.9 Å². The van der Waals surface area contributed by atoms with Crippen molar-refractivity contribution in [2.45, 2.75) is 25.7 Å². The van der Waals surface area contributed by atoms with Crippen LogP contribution in [0.4, 0.5) is 5.00 Å². The number of hydrogen-bond donors (Lipinski definition) is 1. The standard InChI is InChI=1S/C21H16N2O4S2/c1-26-12-6-7-17-11(8-12)9-15(20(25)27-17)18(24)23-19-16(10-22)13-4-2-3-5-14(13)21(28)29-19/h6-9H,2-5H2,1H3,(H,23,24). The van der Waals surface area contributed by atoms with Crippen LogP contribution in [0.15, 0.2) is 33.5 Å². The zero-order chi connectivity index (χ0) is 20.5. The molecule has 0 radical (unpaired) electrons. The predicted octanol–water partition coefficient (Wildman–Crippen LogP) is 4.60. The minimum Gasteiger partial charge on any atom is -0.497 e. The third-order valence-corrected chi connectivity index (χ3v) is 6.40. The van der Waals surface area contributed by atoms with Gasteiger partial charge in [-0.25, -0.2) is 4.79 Å². The van der Waals surface area contributed by atoms with Gasteiger partial charge >= 0.3 is 5.63 Å². The van der Waals surface area contributed by atoms with Gasteiger partial charge in [0.1, 0.15) is 28.0 Å². The SMILES string of the molecule is COc1ccc2oc(=O)c(C(=O)Nc3sc(=S)c4c(c3C#N)CCCC4)cc2c1. The molecule has 0 spiro atoms. The van der Waals surface area contributed by atoms with Crippen LogP contribution in [0.5, 0.6) is 5.75 Å². The molecule has 146 valence electrons. The van der Waals surface area contributed by atoms with Gasteiger partial charge in [0.15, 0.2) is 0 Å². The molecule has 0 unspecified atom stereocenters. The van der Waals surface area contributed by atoms with Crippen LogP contribution in [0.3, 0.4) is 0 Å². The van der Waals surface area contributed by atoms with Crippen molar-refractivity contribution >= 4 is 45.4 Å². The summed E-state index contributed by atoms with van der Waals surface area (Å²) >= 11 is 6.67. The summed E-state index contributed by atoms with van der Waals surface area (Å²) in [6, 6.07) is 8.62. The molecular formula is C21H16N2O4S2. The first kappa shape index (κ1) is 19.3. The number of amides is 1. The second-order valence-corrected chi connectivity index (χ2v) is 8.36. The Morgan fingerprint density at radius 2 is 2.03 bits per heavy atom. The summed E-state index contributed by atoms with van der Waals surface area (Å²) in [6.07, 6.45) is 3.63. The Labute approximate surface area is 175 Å². The molecule has 1 aromatic carbocycles. The predicted molar refractivity (Wildman–Crippen MR) is 113 cm³/mol. The average molecular weight is 425 g/mol. The molecule has 6 nitrogen and oxygen atoms in total. The zero-order valence-electron chi connectivity index (χ0n) is 15.5. The average Bonchev–Trinajstić information content (AvgIpc) is 2.73. The molecule has 1 N–H and O–H groups in total. The summed E-state index contributed by atoms with van der Waals surface area (Å²) in [6.45, 7) is 0. The van der Waals surface area contributed by atoms with E-state index in [0.717, 1.165) is 36.8 Å². The largest absolute Gasteiger partial charge is 0.497 e. The summed E-state index contributed by atoms with van der Waals surface area (Å²) in [5.41, 5.74) is 1.83. The lowest BCUT2D eigenvalue weighted by Crippen LogP contribution is -2.21. The molecule has 0 atom stereocenters. The molecule has 0 saturated heterocycles. The molecule has 1 aliphatic carbocycles. The maximum absolute atomic E-state index is 12.8. The minimum absolute atomic E-state index is 0.148. The fourth-order valence-electron chi connectivity index (χ4n) is 3.51. The second-order valence-electron chi connectivity index (χ2n) is 6.68. The van der Waals surface area contributed by atoms with Crippen LogP contribution in [-0.4, -0.2) is 13.0 Å². The maximum Gasteiger partial charge on any atom is 0.349 e. The highest BCUT2D eigenvalue weighted by Crippen LogP contribution is 2.34. The van der Waals surface area contributed by atoms with Gasteiger partial charge in [-0.3, -0.25) is 4.79 Å². The molecule has 0 fully saturated rings. The molecule has 4 rings (SSSR count). The fraction of sp³-hybridized carbons (Fsp3) is 0.238. The van der Waals surface area contributed by atoms with E-state index in [1.807, 2.05) is 0 Å². The van der Waals surface area contributed by atoms with Crippen LogP contribution in [0.25, 0.3) is 11.0 Å². The lowest BCUT2D eigenvalue weighted by atomic mass is 9.91. The lowest BCUT2D eigenvalue weighted by molar-refractivity contribution is 0.102. The van der Waals surface area contributed by atoms with Crippen molar-refractivity contribution in [2.24, 2.45) is 0 Å². The molecule has 1 aliphatic rings. The first-order chi connectivity index (χ1) is 14.0. The van der Waals surface area contributed by atoms with Gasteiger partial charge in [0.25, 0.3) is 5.91 Å². The molecule has 2 aromatic heterocycles. The first-order valence-electron chi connectivity index (χ1n) is 9.04. The van der Waals surface area contributed by atoms with E-state index >= 15 is 0 Å². The van der Waals surface area contributed by atoms with Gasteiger partial charge < -0.3 is 14.5 Å².